The summed E-state index contributed by atoms with van der Waals surface area (Å²) in [7, 11) is 1.92. The van der Waals surface area contributed by atoms with Crippen molar-refractivity contribution < 1.29 is 4.74 Å². The van der Waals surface area contributed by atoms with E-state index in [2.05, 4.69) is 67.1 Å². The standard InChI is InChI=1S/C22H35N5OS.HI/c1-23-21(24-18-22(7-16-29-19-22)27-12-14-28-15-13-27)26-10-8-25(9-11-26)17-20-5-3-2-4-6-20;/h2-6H,7-19H2,1H3,(H,23,24);1H. The molecule has 0 radical (unpaired) electrons. The summed E-state index contributed by atoms with van der Waals surface area (Å²) >= 11 is 2.09. The number of benzene rings is 1. The number of ether oxygens (including phenoxy) is 1. The van der Waals surface area contributed by atoms with E-state index in [0.717, 1.165) is 71.5 Å². The van der Waals surface area contributed by atoms with Gasteiger partial charge in [0.05, 0.1) is 13.2 Å². The van der Waals surface area contributed by atoms with Crippen molar-refractivity contribution in [2.45, 2.75) is 18.5 Å². The van der Waals surface area contributed by atoms with E-state index < -0.39 is 0 Å². The lowest BCUT2D eigenvalue weighted by molar-refractivity contribution is -0.0122. The molecule has 1 atom stereocenters. The van der Waals surface area contributed by atoms with Gasteiger partial charge in [0.1, 0.15) is 0 Å². The van der Waals surface area contributed by atoms with Gasteiger partial charge in [0.2, 0.25) is 0 Å². The first-order valence-electron chi connectivity index (χ1n) is 10.9. The van der Waals surface area contributed by atoms with Crippen LogP contribution in [0.4, 0.5) is 0 Å². The summed E-state index contributed by atoms with van der Waals surface area (Å²) in [6, 6.07) is 10.8. The van der Waals surface area contributed by atoms with Crippen LogP contribution in [0.2, 0.25) is 0 Å². The first-order chi connectivity index (χ1) is 14.3. The summed E-state index contributed by atoms with van der Waals surface area (Å²) in [5, 5.41) is 3.75. The molecule has 0 amide bonds. The molecule has 1 N–H and O–H groups in total. The Morgan fingerprint density at radius 3 is 2.47 bits per heavy atom. The fourth-order valence-electron chi connectivity index (χ4n) is 4.67. The van der Waals surface area contributed by atoms with E-state index in [0.29, 0.717) is 0 Å². The second kappa shape index (κ2) is 11.9. The fourth-order valence-corrected chi connectivity index (χ4v) is 6.15. The first kappa shape index (κ1) is 24.1. The molecule has 3 aliphatic heterocycles. The van der Waals surface area contributed by atoms with Gasteiger partial charge in [-0.05, 0) is 17.7 Å². The van der Waals surface area contributed by atoms with Crippen LogP contribution in [-0.2, 0) is 11.3 Å². The summed E-state index contributed by atoms with van der Waals surface area (Å²) in [4.78, 5) is 12.3. The lowest BCUT2D eigenvalue weighted by Gasteiger charge is -2.44. The van der Waals surface area contributed by atoms with Crippen molar-refractivity contribution in [3.63, 3.8) is 0 Å². The molecule has 1 aromatic rings. The number of guanidine groups is 1. The summed E-state index contributed by atoms with van der Waals surface area (Å²) in [6.07, 6.45) is 1.26. The van der Waals surface area contributed by atoms with Crippen molar-refractivity contribution in [3.8, 4) is 0 Å². The number of nitrogens with one attached hydrogen (secondary N) is 1. The molecule has 1 aromatic carbocycles. The molecular formula is C22H36IN5OS. The fraction of sp³-hybridized carbons (Fsp3) is 0.682. The van der Waals surface area contributed by atoms with Crippen LogP contribution in [-0.4, -0.2) is 104 Å². The molecule has 0 aliphatic carbocycles. The number of piperazine rings is 1. The number of hydrogen-bond donors (Lipinski definition) is 1. The van der Waals surface area contributed by atoms with Crippen molar-refractivity contribution in [2.75, 3.05) is 77.6 Å². The van der Waals surface area contributed by atoms with Crippen LogP contribution in [0.15, 0.2) is 35.3 Å². The lowest BCUT2D eigenvalue weighted by atomic mass is 9.95. The van der Waals surface area contributed by atoms with Crippen molar-refractivity contribution in [3.05, 3.63) is 35.9 Å². The summed E-state index contributed by atoms with van der Waals surface area (Å²) in [5.41, 5.74) is 1.65. The molecule has 8 heteroatoms. The van der Waals surface area contributed by atoms with E-state index in [1.165, 1.54) is 23.5 Å². The van der Waals surface area contributed by atoms with Gasteiger partial charge in [0.15, 0.2) is 5.96 Å². The third-order valence-electron chi connectivity index (χ3n) is 6.47. The molecule has 0 saturated carbocycles. The molecule has 0 spiro atoms. The minimum atomic E-state index is 0. The van der Waals surface area contributed by atoms with Crippen molar-refractivity contribution in [1.82, 2.24) is 20.0 Å². The second-order valence-corrected chi connectivity index (χ2v) is 9.38. The quantitative estimate of drug-likeness (QED) is 0.348. The average molecular weight is 546 g/mol. The van der Waals surface area contributed by atoms with E-state index in [1.54, 1.807) is 0 Å². The third-order valence-corrected chi connectivity index (χ3v) is 7.71. The average Bonchev–Trinajstić information content (AvgIpc) is 3.27. The highest BCUT2D eigenvalue weighted by Gasteiger charge is 2.41. The Morgan fingerprint density at radius 1 is 1.10 bits per heavy atom. The summed E-state index contributed by atoms with van der Waals surface area (Å²) in [6.45, 7) is 10.1. The van der Waals surface area contributed by atoms with Crippen LogP contribution >= 0.6 is 35.7 Å². The Labute approximate surface area is 202 Å². The molecule has 1 unspecified atom stereocenters. The highest BCUT2D eigenvalue weighted by Crippen LogP contribution is 2.33. The molecule has 4 rings (SSSR count). The van der Waals surface area contributed by atoms with E-state index in [9.17, 15) is 0 Å². The van der Waals surface area contributed by atoms with Gasteiger partial charge in [-0.15, -0.1) is 24.0 Å². The SMILES string of the molecule is CN=C(NCC1(N2CCOCC2)CCSC1)N1CCN(Cc2ccccc2)CC1.I. The van der Waals surface area contributed by atoms with E-state index in [-0.39, 0.29) is 29.5 Å². The molecule has 3 saturated heterocycles. The number of rotatable bonds is 5. The smallest absolute Gasteiger partial charge is 0.193 e. The highest BCUT2D eigenvalue weighted by molar-refractivity contribution is 14.0. The highest BCUT2D eigenvalue weighted by atomic mass is 127. The maximum atomic E-state index is 5.59. The van der Waals surface area contributed by atoms with Crippen LogP contribution in [0.25, 0.3) is 0 Å². The normalized spacial score (nSPS) is 26.4. The number of nitrogens with zero attached hydrogens (tertiary/aromatic N) is 4. The second-order valence-electron chi connectivity index (χ2n) is 8.28. The lowest BCUT2D eigenvalue weighted by Crippen LogP contribution is -2.61. The third kappa shape index (κ3) is 6.03. The molecule has 168 valence electrons. The van der Waals surface area contributed by atoms with Gasteiger partial charge in [0.25, 0.3) is 0 Å². The Kier molecular flexibility index (Phi) is 9.56. The minimum Gasteiger partial charge on any atom is -0.379 e. The van der Waals surface area contributed by atoms with Crippen LogP contribution < -0.4 is 5.32 Å². The maximum absolute atomic E-state index is 5.59. The largest absolute Gasteiger partial charge is 0.379 e. The van der Waals surface area contributed by atoms with E-state index in [1.807, 2.05) is 7.05 Å². The monoisotopic (exact) mass is 545 g/mol. The number of aliphatic imine (C=N–C) groups is 1. The van der Waals surface area contributed by atoms with E-state index >= 15 is 0 Å². The zero-order chi connectivity index (χ0) is 19.9. The molecule has 0 aromatic heterocycles. The molecule has 3 fully saturated rings. The molecular weight excluding hydrogens is 509 g/mol. The topological polar surface area (TPSA) is 43.3 Å². The Bertz CT molecular complexity index is 657. The zero-order valence-corrected chi connectivity index (χ0v) is 21.2. The molecule has 0 bridgehead atoms. The zero-order valence-electron chi connectivity index (χ0n) is 18.1. The Hall–Kier alpha value is -0.550. The van der Waals surface area contributed by atoms with Crippen LogP contribution in [0.3, 0.4) is 0 Å². The van der Waals surface area contributed by atoms with Gasteiger partial charge in [0, 0.05) is 70.7 Å². The van der Waals surface area contributed by atoms with Gasteiger partial charge >= 0.3 is 0 Å². The van der Waals surface area contributed by atoms with Gasteiger partial charge in [-0.2, -0.15) is 11.8 Å². The first-order valence-corrected chi connectivity index (χ1v) is 12.1. The predicted octanol–water partition coefficient (Wildman–Crippen LogP) is 2.21. The van der Waals surface area contributed by atoms with Gasteiger partial charge in [-0.1, -0.05) is 30.3 Å². The van der Waals surface area contributed by atoms with Crippen LogP contribution in [0, 0.1) is 0 Å². The Morgan fingerprint density at radius 2 is 1.83 bits per heavy atom. The summed E-state index contributed by atoms with van der Waals surface area (Å²) in [5.74, 6) is 3.53. The number of thioether (sulfide) groups is 1. The van der Waals surface area contributed by atoms with Gasteiger partial charge < -0.3 is 15.0 Å². The Balaban J connectivity index is 0.00000256. The van der Waals surface area contributed by atoms with Gasteiger partial charge in [-0.25, -0.2) is 0 Å². The predicted molar refractivity (Wildman–Crippen MR) is 137 cm³/mol. The van der Waals surface area contributed by atoms with Crippen LogP contribution in [0.1, 0.15) is 12.0 Å². The van der Waals surface area contributed by atoms with Crippen LogP contribution in [0.5, 0.6) is 0 Å². The number of morpholine rings is 1. The maximum Gasteiger partial charge on any atom is 0.193 e. The van der Waals surface area contributed by atoms with E-state index in [4.69, 9.17) is 4.74 Å². The molecule has 3 heterocycles. The van der Waals surface area contributed by atoms with Crippen molar-refractivity contribution >= 4 is 41.7 Å². The summed E-state index contributed by atoms with van der Waals surface area (Å²) < 4.78 is 5.59. The number of halogens is 1. The van der Waals surface area contributed by atoms with Gasteiger partial charge in [-0.3, -0.25) is 14.8 Å². The molecule has 3 aliphatic rings. The molecule has 6 nitrogen and oxygen atoms in total. The van der Waals surface area contributed by atoms with Crippen molar-refractivity contribution in [2.24, 2.45) is 4.99 Å². The molecule has 30 heavy (non-hydrogen) atoms. The minimum absolute atomic E-state index is 0. The van der Waals surface area contributed by atoms with Crippen molar-refractivity contribution in [1.29, 1.82) is 0 Å². The number of hydrogen-bond acceptors (Lipinski definition) is 5.